The number of aliphatic carboxylic acids is 1. The summed E-state index contributed by atoms with van der Waals surface area (Å²) in [5.41, 5.74) is -0.0123. The number of ether oxygens (including phenoxy) is 2. The van der Waals surface area contributed by atoms with Crippen LogP contribution < -0.4 is 0 Å². The first-order valence-electron chi connectivity index (χ1n) is 6.47. The molecule has 1 atom stereocenters. The predicted octanol–water partition coefficient (Wildman–Crippen LogP) is 1.22. The molecule has 0 aliphatic heterocycles. The quantitative estimate of drug-likeness (QED) is 0.639. The predicted molar refractivity (Wildman–Crippen MR) is 68.7 cm³/mol. The van der Waals surface area contributed by atoms with Crippen molar-refractivity contribution in [3.8, 4) is 0 Å². The molecule has 106 valence electrons. The zero-order chi connectivity index (χ0) is 13.6. The maximum absolute atomic E-state index is 10.9. The lowest BCUT2D eigenvalue weighted by Crippen LogP contribution is -2.42. The molecular formula is C13H25NO4. The zero-order valence-electron chi connectivity index (χ0n) is 11.6. The first-order chi connectivity index (χ1) is 8.53. The van der Waals surface area contributed by atoms with Crippen molar-refractivity contribution in [2.24, 2.45) is 5.41 Å². The third-order valence-corrected chi connectivity index (χ3v) is 3.64. The Morgan fingerprint density at radius 1 is 1.39 bits per heavy atom. The van der Waals surface area contributed by atoms with Gasteiger partial charge in [0, 0.05) is 33.4 Å². The number of carboxylic acid groups (broad SMARTS) is 1. The van der Waals surface area contributed by atoms with E-state index >= 15 is 0 Å². The minimum atomic E-state index is -0.696. The summed E-state index contributed by atoms with van der Waals surface area (Å²) in [4.78, 5) is 13.2. The standard InChI is InChI=1S/C13H25NO4/c1-11(9-18-3)14(6-7-17-2)10-13(4-5-13)8-12(15)16/h11H,4-10H2,1-3H3,(H,15,16). The fraction of sp³-hybridized carbons (Fsp3) is 0.923. The molecule has 0 aromatic heterocycles. The first kappa shape index (κ1) is 15.4. The van der Waals surface area contributed by atoms with E-state index in [1.54, 1.807) is 14.2 Å². The Balaban J connectivity index is 2.51. The highest BCUT2D eigenvalue weighted by molar-refractivity contribution is 5.68. The Labute approximate surface area is 109 Å². The molecule has 0 spiro atoms. The van der Waals surface area contributed by atoms with Gasteiger partial charge in [0.05, 0.1) is 19.6 Å². The number of carboxylic acids is 1. The first-order valence-corrected chi connectivity index (χ1v) is 6.47. The van der Waals surface area contributed by atoms with Crippen molar-refractivity contribution in [1.82, 2.24) is 4.90 Å². The van der Waals surface area contributed by atoms with Crippen LogP contribution in [0.2, 0.25) is 0 Å². The summed E-state index contributed by atoms with van der Waals surface area (Å²) in [7, 11) is 3.37. The van der Waals surface area contributed by atoms with E-state index in [9.17, 15) is 4.79 Å². The van der Waals surface area contributed by atoms with Gasteiger partial charge in [-0.3, -0.25) is 9.69 Å². The number of nitrogens with zero attached hydrogens (tertiary/aromatic N) is 1. The molecule has 1 N–H and O–H groups in total. The summed E-state index contributed by atoms with van der Waals surface area (Å²) < 4.78 is 10.3. The van der Waals surface area contributed by atoms with Crippen molar-refractivity contribution in [2.45, 2.75) is 32.2 Å². The molecule has 5 nitrogen and oxygen atoms in total. The number of hydrogen-bond donors (Lipinski definition) is 1. The van der Waals surface area contributed by atoms with Gasteiger partial charge in [0.25, 0.3) is 0 Å². The van der Waals surface area contributed by atoms with Crippen LogP contribution in [0.25, 0.3) is 0 Å². The molecular weight excluding hydrogens is 234 g/mol. The second-order valence-electron chi connectivity index (χ2n) is 5.34. The maximum atomic E-state index is 10.9. The average Bonchev–Trinajstić information content (AvgIpc) is 3.03. The second-order valence-corrected chi connectivity index (χ2v) is 5.34. The van der Waals surface area contributed by atoms with E-state index in [2.05, 4.69) is 11.8 Å². The van der Waals surface area contributed by atoms with E-state index in [1.165, 1.54) is 0 Å². The van der Waals surface area contributed by atoms with Gasteiger partial charge in [0.2, 0.25) is 0 Å². The third kappa shape index (κ3) is 4.92. The van der Waals surface area contributed by atoms with Gasteiger partial charge in [-0.1, -0.05) is 0 Å². The van der Waals surface area contributed by atoms with Crippen molar-refractivity contribution in [3.63, 3.8) is 0 Å². The summed E-state index contributed by atoms with van der Waals surface area (Å²) >= 11 is 0. The Hall–Kier alpha value is -0.650. The molecule has 18 heavy (non-hydrogen) atoms. The van der Waals surface area contributed by atoms with E-state index < -0.39 is 5.97 Å². The molecule has 5 heteroatoms. The van der Waals surface area contributed by atoms with E-state index in [0.29, 0.717) is 13.2 Å². The van der Waals surface area contributed by atoms with Crippen LogP contribution in [0, 0.1) is 5.41 Å². The van der Waals surface area contributed by atoms with Crippen LogP contribution in [0.4, 0.5) is 0 Å². The summed E-state index contributed by atoms with van der Waals surface area (Å²) in [5.74, 6) is -0.696. The van der Waals surface area contributed by atoms with Gasteiger partial charge in [-0.15, -0.1) is 0 Å². The topological polar surface area (TPSA) is 59.0 Å². The van der Waals surface area contributed by atoms with Crippen molar-refractivity contribution >= 4 is 5.97 Å². The molecule has 1 aliphatic carbocycles. The third-order valence-electron chi connectivity index (χ3n) is 3.64. The number of methoxy groups -OCH3 is 2. The number of rotatable bonds is 10. The van der Waals surface area contributed by atoms with Crippen LogP contribution in [0.1, 0.15) is 26.2 Å². The lowest BCUT2D eigenvalue weighted by Gasteiger charge is -2.31. The molecule has 1 saturated carbocycles. The summed E-state index contributed by atoms with van der Waals surface area (Å²) in [6, 6.07) is 0.288. The summed E-state index contributed by atoms with van der Waals surface area (Å²) in [6.45, 7) is 5.08. The normalized spacial score (nSPS) is 18.9. The lowest BCUT2D eigenvalue weighted by atomic mass is 10.0. The van der Waals surface area contributed by atoms with Crippen LogP contribution in [0.15, 0.2) is 0 Å². The second kappa shape index (κ2) is 7.07. The van der Waals surface area contributed by atoms with E-state index in [-0.39, 0.29) is 17.9 Å². The molecule has 1 rings (SSSR count). The summed E-state index contributed by atoms with van der Waals surface area (Å²) in [6.07, 6.45) is 2.31. The average molecular weight is 259 g/mol. The molecule has 1 fully saturated rings. The van der Waals surface area contributed by atoms with Crippen LogP contribution in [-0.2, 0) is 14.3 Å². The molecule has 1 aliphatic rings. The Bertz CT molecular complexity index is 266. The van der Waals surface area contributed by atoms with Crippen molar-refractivity contribution in [1.29, 1.82) is 0 Å². The van der Waals surface area contributed by atoms with Crippen molar-refractivity contribution in [2.75, 3.05) is 40.5 Å². The van der Waals surface area contributed by atoms with Gasteiger partial charge < -0.3 is 14.6 Å². The minimum Gasteiger partial charge on any atom is -0.481 e. The molecule has 1 unspecified atom stereocenters. The van der Waals surface area contributed by atoms with Gasteiger partial charge in [-0.25, -0.2) is 0 Å². The number of carbonyl (C=O) groups is 1. The molecule has 0 saturated heterocycles. The van der Waals surface area contributed by atoms with Crippen LogP contribution >= 0.6 is 0 Å². The van der Waals surface area contributed by atoms with Crippen LogP contribution in [-0.4, -0.2) is 62.5 Å². The van der Waals surface area contributed by atoms with Crippen molar-refractivity contribution < 1.29 is 19.4 Å². The smallest absolute Gasteiger partial charge is 0.303 e. The van der Waals surface area contributed by atoms with E-state index in [4.69, 9.17) is 14.6 Å². The van der Waals surface area contributed by atoms with Gasteiger partial charge in [-0.2, -0.15) is 0 Å². The fourth-order valence-corrected chi connectivity index (χ4v) is 2.33. The Morgan fingerprint density at radius 3 is 2.50 bits per heavy atom. The van der Waals surface area contributed by atoms with Crippen LogP contribution in [0.5, 0.6) is 0 Å². The Morgan fingerprint density at radius 2 is 2.06 bits per heavy atom. The summed E-state index contributed by atoms with van der Waals surface area (Å²) in [5, 5.41) is 8.95. The largest absolute Gasteiger partial charge is 0.481 e. The van der Waals surface area contributed by atoms with Gasteiger partial charge in [-0.05, 0) is 25.2 Å². The molecule has 0 radical (unpaired) electrons. The molecule has 0 heterocycles. The monoisotopic (exact) mass is 259 g/mol. The van der Waals surface area contributed by atoms with Gasteiger partial charge in [0.15, 0.2) is 0 Å². The highest BCUT2D eigenvalue weighted by atomic mass is 16.5. The SMILES string of the molecule is COCCN(CC1(CC(=O)O)CC1)C(C)COC. The number of hydrogen-bond acceptors (Lipinski definition) is 4. The fourth-order valence-electron chi connectivity index (χ4n) is 2.33. The van der Waals surface area contributed by atoms with E-state index in [1.807, 2.05) is 0 Å². The molecule has 0 aromatic rings. The molecule has 0 amide bonds. The maximum Gasteiger partial charge on any atom is 0.303 e. The van der Waals surface area contributed by atoms with Gasteiger partial charge in [0.1, 0.15) is 0 Å². The van der Waals surface area contributed by atoms with Crippen LogP contribution in [0.3, 0.4) is 0 Å². The zero-order valence-corrected chi connectivity index (χ0v) is 11.6. The molecule has 0 aromatic carbocycles. The Kier molecular flexibility index (Phi) is 6.05. The highest BCUT2D eigenvalue weighted by Gasteiger charge is 2.45. The lowest BCUT2D eigenvalue weighted by molar-refractivity contribution is -0.138. The van der Waals surface area contributed by atoms with Crippen molar-refractivity contribution in [3.05, 3.63) is 0 Å². The highest BCUT2D eigenvalue weighted by Crippen LogP contribution is 2.49. The van der Waals surface area contributed by atoms with E-state index in [0.717, 1.165) is 25.9 Å². The molecule has 0 bridgehead atoms. The van der Waals surface area contributed by atoms with Gasteiger partial charge >= 0.3 is 5.97 Å². The minimum absolute atomic E-state index is 0.0123.